The summed E-state index contributed by atoms with van der Waals surface area (Å²) in [5.74, 6) is -1.16. The van der Waals surface area contributed by atoms with E-state index in [0.29, 0.717) is 12.4 Å². The van der Waals surface area contributed by atoms with Crippen LogP contribution in [0.25, 0.3) is 0 Å². The number of halogens is 4. The Hall–Kier alpha value is -1.17. The van der Waals surface area contributed by atoms with Crippen LogP contribution < -0.4 is 0 Å². The molecular formula is C7H5F4NO. The Kier molecular flexibility index (Phi) is 2.51. The Morgan fingerprint density at radius 2 is 1.92 bits per heavy atom. The smallest absolute Gasteiger partial charge is 0.392 e. The molecule has 0 bridgehead atoms. The molecule has 1 rings (SSSR count). The second-order valence-corrected chi connectivity index (χ2v) is 2.30. The average Bonchev–Trinajstić information content (AvgIpc) is 2.02. The van der Waals surface area contributed by atoms with Crippen LogP contribution in [0.5, 0.6) is 0 Å². The summed E-state index contributed by atoms with van der Waals surface area (Å²) < 4.78 is 49.0. The SMILES string of the molecule is OCc1c(F)cncc1C(F)(F)F. The molecule has 0 aliphatic heterocycles. The van der Waals surface area contributed by atoms with Crippen molar-refractivity contribution in [1.82, 2.24) is 4.98 Å². The number of hydrogen-bond donors (Lipinski definition) is 1. The van der Waals surface area contributed by atoms with Crippen LogP contribution in [0.2, 0.25) is 0 Å². The van der Waals surface area contributed by atoms with Crippen molar-refractivity contribution in [3.05, 3.63) is 29.3 Å². The summed E-state index contributed by atoms with van der Waals surface area (Å²) in [4.78, 5) is 3.05. The van der Waals surface area contributed by atoms with Gasteiger partial charge in [-0.25, -0.2) is 4.39 Å². The van der Waals surface area contributed by atoms with Crippen molar-refractivity contribution in [3.8, 4) is 0 Å². The molecule has 1 aromatic heterocycles. The van der Waals surface area contributed by atoms with Crippen molar-refractivity contribution in [1.29, 1.82) is 0 Å². The first-order valence-corrected chi connectivity index (χ1v) is 3.27. The van der Waals surface area contributed by atoms with Gasteiger partial charge in [0.2, 0.25) is 0 Å². The molecule has 0 saturated heterocycles. The first kappa shape index (κ1) is 9.91. The molecule has 1 N–H and O–H groups in total. The number of pyridine rings is 1. The Labute approximate surface area is 70.8 Å². The van der Waals surface area contributed by atoms with Crippen LogP contribution in [-0.4, -0.2) is 10.1 Å². The summed E-state index contributed by atoms with van der Waals surface area (Å²) in [6, 6.07) is 0. The lowest BCUT2D eigenvalue weighted by molar-refractivity contribution is -0.139. The predicted molar refractivity (Wildman–Crippen MR) is 35.1 cm³/mol. The second-order valence-electron chi connectivity index (χ2n) is 2.30. The van der Waals surface area contributed by atoms with E-state index in [-0.39, 0.29) is 0 Å². The number of aliphatic hydroxyl groups is 1. The fourth-order valence-corrected chi connectivity index (χ4v) is 0.867. The van der Waals surface area contributed by atoms with Crippen LogP contribution in [0, 0.1) is 5.82 Å². The lowest BCUT2D eigenvalue weighted by Crippen LogP contribution is -2.11. The van der Waals surface area contributed by atoms with Gasteiger partial charge in [0.25, 0.3) is 0 Å². The molecule has 0 aliphatic rings. The first-order chi connectivity index (χ1) is 5.96. The number of rotatable bonds is 1. The zero-order valence-electron chi connectivity index (χ0n) is 6.27. The number of hydrogen-bond acceptors (Lipinski definition) is 2. The van der Waals surface area contributed by atoms with Gasteiger partial charge in [0.15, 0.2) is 0 Å². The molecule has 0 unspecified atom stereocenters. The molecule has 0 radical (unpaired) electrons. The molecule has 6 heteroatoms. The van der Waals surface area contributed by atoms with Crippen LogP contribution in [0.15, 0.2) is 12.4 Å². The van der Waals surface area contributed by atoms with Gasteiger partial charge in [-0.3, -0.25) is 4.98 Å². The average molecular weight is 195 g/mol. The van der Waals surface area contributed by atoms with Crippen molar-refractivity contribution in [2.45, 2.75) is 12.8 Å². The molecule has 0 aliphatic carbocycles. The van der Waals surface area contributed by atoms with E-state index in [9.17, 15) is 17.6 Å². The molecule has 0 aromatic carbocycles. The summed E-state index contributed by atoms with van der Waals surface area (Å²) in [5.41, 5.74) is -2.02. The Morgan fingerprint density at radius 3 is 2.31 bits per heavy atom. The normalized spacial score (nSPS) is 11.8. The fraction of sp³-hybridized carbons (Fsp3) is 0.286. The molecule has 0 fully saturated rings. The van der Waals surface area contributed by atoms with E-state index >= 15 is 0 Å². The molecule has 0 spiro atoms. The van der Waals surface area contributed by atoms with Gasteiger partial charge >= 0.3 is 6.18 Å². The highest BCUT2D eigenvalue weighted by Crippen LogP contribution is 2.32. The molecule has 2 nitrogen and oxygen atoms in total. The summed E-state index contributed by atoms with van der Waals surface area (Å²) in [6.07, 6.45) is -3.58. The van der Waals surface area contributed by atoms with Gasteiger partial charge < -0.3 is 5.11 Å². The zero-order chi connectivity index (χ0) is 10.1. The molecular weight excluding hydrogens is 190 g/mol. The minimum atomic E-state index is -4.69. The highest BCUT2D eigenvalue weighted by Gasteiger charge is 2.34. The number of nitrogens with zero attached hydrogens (tertiary/aromatic N) is 1. The fourth-order valence-electron chi connectivity index (χ4n) is 0.867. The highest BCUT2D eigenvalue weighted by atomic mass is 19.4. The molecule has 0 saturated carbocycles. The van der Waals surface area contributed by atoms with Crippen molar-refractivity contribution >= 4 is 0 Å². The van der Waals surface area contributed by atoms with E-state index in [0.717, 1.165) is 0 Å². The minimum Gasteiger partial charge on any atom is -0.392 e. The maximum atomic E-state index is 12.7. The zero-order valence-corrected chi connectivity index (χ0v) is 6.27. The van der Waals surface area contributed by atoms with Gasteiger partial charge in [-0.1, -0.05) is 0 Å². The molecule has 0 atom stereocenters. The third kappa shape index (κ3) is 1.95. The third-order valence-electron chi connectivity index (χ3n) is 1.47. The van der Waals surface area contributed by atoms with Gasteiger partial charge in [0.1, 0.15) is 5.82 Å². The van der Waals surface area contributed by atoms with Crippen LogP contribution in [0.1, 0.15) is 11.1 Å². The third-order valence-corrected chi connectivity index (χ3v) is 1.47. The second kappa shape index (κ2) is 3.29. The monoisotopic (exact) mass is 195 g/mol. The highest BCUT2D eigenvalue weighted by molar-refractivity contribution is 5.26. The predicted octanol–water partition coefficient (Wildman–Crippen LogP) is 1.73. The van der Waals surface area contributed by atoms with Gasteiger partial charge in [-0.05, 0) is 0 Å². The lowest BCUT2D eigenvalue weighted by atomic mass is 10.1. The number of aromatic nitrogens is 1. The Balaban J connectivity index is 3.29. The Bertz CT molecular complexity index is 310. The van der Waals surface area contributed by atoms with E-state index in [1.165, 1.54) is 0 Å². The maximum absolute atomic E-state index is 12.7. The summed E-state index contributed by atoms with van der Waals surface area (Å²) in [7, 11) is 0. The summed E-state index contributed by atoms with van der Waals surface area (Å²) in [5, 5.41) is 8.49. The number of alkyl halides is 3. The summed E-state index contributed by atoms with van der Waals surface area (Å²) in [6.45, 7) is -0.997. The summed E-state index contributed by atoms with van der Waals surface area (Å²) >= 11 is 0. The van der Waals surface area contributed by atoms with Crippen LogP contribution >= 0.6 is 0 Å². The van der Waals surface area contributed by atoms with Crippen molar-refractivity contribution in [2.75, 3.05) is 0 Å². The van der Waals surface area contributed by atoms with Crippen molar-refractivity contribution in [2.24, 2.45) is 0 Å². The van der Waals surface area contributed by atoms with E-state index < -0.39 is 29.7 Å². The van der Waals surface area contributed by atoms with Crippen molar-refractivity contribution < 1.29 is 22.7 Å². The molecule has 1 heterocycles. The standard InChI is InChI=1S/C7H5F4NO/c8-6-2-12-1-5(4(6)3-13)7(9,10)11/h1-2,13H,3H2. The van der Waals surface area contributed by atoms with E-state index in [1.807, 2.05) is 0 Å². The Morgan fingerprint density at radius 1 is 1.31 bits per heavy atom. The lowest BCUT2D eigenvalue weighted by Gasteiger charge is -2.10. The number of aliphatic hydroxyl groups excluding tert-OH is 1. The van der Waals surface area contributed by atoms with E-state index in [4.69, 9.17) is 5.11 Å². The molecule has 0 amide bonds. The first-order valence-electron chi connectivity index (χ1n) is 3.27. The van der Waals surface area contributed by atoms with Crippen molar-refractivity contribution in [3.63, 3.8) is 0 Å². The van der Waals surface area contributed by atoms with E-state index in [1.54, 1.807) is 0 Å². The quantitative estimate of drug-likeness (QED) is 0.692. The van der Waals surface area contributed by atoms with E-state index in [2.05, 4.69) is 4.98 Å². The van der Waals surface area contributed by atoms with Gasteiger partial charge in [-0.2, -0.15) is 13.2 Å². The maximum Gasteiger partial charge on any atom is 0.418 e. The van der Waals surface area contributed by atoms with Gasteiger partial charge in [-0.15, -0.1) is 0 Å². The van der Waals surface area contributed by atoms with Crippen LogP contribution in [0.3, 0.4) is 0 Å². The van der Waals surface area contributed by atoms with Crippen LogP contribution in [0.4, 0.5) is 17.6 Å². The minimum absolute atomic E-state index is 0.481. The largest absolute Gasteiger partial charge is 0.418 e. The topological polar surface area (TPSA) is 33.1 Å². The molecule has 72 valence electrons. The molecule has 1 aromatic rings. The van der Waals surface area contributed by atoms with Crippen LogP contribution in [-0.2, 0) is 12.8 Å². The van der Waals surface area contributed by atoms with Gasteiger partial charge in [0, 0.05) is 11.8 Å². The molecule has 13 heavy (non-hydrogen) atoms. The van der Waals surface area contributed by atoms with Gasteiger partial charge in [0.05, 0.1) is 18.4 Å².